The van der Waals surface area contributed by atoms with Gasteiger partial charge in [-0.25, -0.2) is 4.98 Å². The van der Waals surface area contributed by atoms with Gasteiger partial charge in [0.2, 0.25) is 0 Å². The van der Waals surface area contributed by atoms with Gasteiger partial charge in [-0.3, -0.25) is 19.1 Å². The van der Waals surface area contributed by atoms with Gasteiger partial charge in [0.15, 0.2) is 0 Å². The van der Waals surface area contributed by atoms with Crippen molar-refractivity contribution in [1.29, 1.82) is 0 Å². The molecule has 0 radical (unpaired) electrons. The van der Waals surface area contributed by atoms with Crippen LogP contribution in [-0.4, -0.2) is 57.0 Å². The quantitative estimate of drug-likeness (QED) is 0.791. The lowest BCUT2D eigenvalue weighted by molar-refractivity contribution is -0.0346. The average molecular weight is 403 g/mol. The third-order valence-electron chi connectivity index (χ3n) is 6.86. The first kappa shape index (κ1) is 19.6. The van der Waals surface area contributed by atoms with Crippen LogP contribution in [0.2, 0.25) is 0 Å². The van der Waals surface area contributed by atoms with Gasteiger partial charge in [0.25, 0.3) is 11.5 Å². The van der Waals surface area contributed by atoms with Crippen molar-refractivity contribution in [3.8, 4) is 0 Å². The minimum absolute atomic E-state index is 0.0273. The Morgan fingerprint density at radius 3 is 2.89 bits per heavy atom. The second-order valence-corrected chi connectivity index (χ2v) is 9.52. The Morgan fingerprint density at radius 1 is 1.36 bits per heavy atom. The number of rotatable bonds is 3. The molecule has 152 valence electrons. The zero-order valence-corrected chi connectivity index (χ0v) is 18.1. The maximum atomic E-state index is 13.6. The molecule has 2 aromatic rings. The van der Waals surface area contributed by atoms with Crippen LogP contribution in [0.1, 0.15) is 61.2 Å². The summed E-state index contributed by atoms with van der Waals surface area (Å²) in [5.41, 5.74) is 0.813. The maximum Gasteiger partial charge on any atom is 0.264 e. The van der Waals surface area contributed by atoms with E-state index >= 15 is 0 Å². The molecule has 2 aliphatic rings. The molecule has 4 heterocycles. The third-order valence-corrected chi connectivity index (χ3v) is 8.04. The molecule has 0 spiro atoms. The largest absolute Gasteiger partial charge is 0.333 e. The van der Waals surface area contributed by atoms with Gasteiger partial charge in [-0.05, 0) is 65.1 Å². The van der Waals surface area contributed by atoms with Crippen LogP contribution in [0.3, 0.4) is 0 Å². The molecular weight excluding hydrogens is 372 g/mol. The minimum atomic E-state index is -0.0273. The molecule has 0 aromatic carbocycles. The monoisotopic (exact) mass is 402 g/mol. The Labute approximate surface area is 170 Å². The fourth-order valence-electron chi connectivity index (χ4n) is 5.09. The van der Waals surface area contributed by atoms with Crippen molar-refractivity contribution in [2.75, 3.05) is 20.1 Å². The molecule has 0 saturated carbocycles. The molecular formula is C21H30N4O2S. The second kappa shape index (κ2) is 7.26. The molecule has 2 aromatic heterocycles. The topological polar surface area (TPSA) is 58.4 Å². The Morgan fingerprint density at radius 2 is 2.14 bits per heavy atom. The van der Waals surface area contributed by atoms with E-state index in [1.54, 1.807) is 10.9 Å². The highest BCUT2D eigenvalue weighted by atomic mass is 32.1. The number of amides is 1. The van der Waals surface area contributed by atoms with Crippen LogP contribution in [0, 0.1) is 6.92 Å². The summed E-state index contributed by atoms with van der Waals surface area (Å²) in [6.07, 6.45) is 6.82. The number of likely N-dealkylation sites (tertiary alicyclic amines) is 2. The zero-order chi connectivity index (χ0) is 20.1. The number of carbonyl (C=O) groups is 1. The Balaban J connectivity index is 1.74. The number of thiophene rings is 1. The lowest BCUT2D eigenvalue weighted by Crippen LogP contribution is -2.66. The number of likely N-dealkylation sites (N-methyl/N-ethyl adjacent to an activating group) is 1. The van der Waals surface area contributed by atoms with Crippen molar-refractivity contribution < 1.29 is 4.79 Å². The van der Waals surface area contributed by atoms with E-state index in [2.05, 4.69) is 28.8 Å². The number of piperidine rings is 2. The standard InChI is InChI=1S/C21H30N4O2S/c1-5-10-24-13-22-18-16(19(24)26)14(2)17(28-18)20(27)25-12-7-9-21(3)15(25)8-6-11-23(21)4/h13,15H,5-12H2,1-4H3/t15-,21-/m0/s1. The van der Waals surface area contributed by atoms with Crippen molar-refractivity contribution in [3.05, 3.63) is 27.1 Å². The van der Waals surface area contributed by atoms with Crippen molar-refractivity contribution in [3.63, 3.8) is 0 Å². The average Bonchev–Trinajstić information content (AvgIpc) is 3.01. The first-order valence-electron chi connectivity index (χ1n) is 10.4. The predicted molar refractivity (Wildman–Crippen MR) is 113 cm³/mol. The molecule has 0 bridgehead atoms. The van der Waals surface area contributed by atoms with Gasteiger partial charge in [0.05, 0.1) is 22.6 Å². The molecule has 2 aliphatic heterocycles. The zero-order valence-electron chi connectivity index (χ0n) is 17.3. The first-order valence-corrected chi connectivity index (χ1v) is 11.2. The Hall–Kier alpha value is -1.73. The van der Waals surface area contributed by atoms with Crippen LogP contribution in [0.5, 0.6) is 0 Å². The highest BCUT2D eigenvalue weighted by molar-refractivity contribution is 7.20. The lowest BCUT2D eigenvalue weighted by atomic mass is 9.76. The third kappa shape index (κ3) is 2.90. The van der Waals surface area contributed by atoms with E-state index in [1.807, 2.05) is 13.8 Å². The molecule has 2 saturated heterocycles. The number of aromatic nitrogens is 2. The minimum Gasteiger partial charge on any atom is -0.333 e. The number of aryl methyl sites for hydroxylation is 2. The maximum absolute atomic E-state index is 13.6. The number of hydrogen-bond donors (Lipinski definition) is 0. The van der Waals surface area contributed by atoms with Gasteiger partial charge >= 0.3 is 0 Å². The van der Waals surface area contributed by atoms with Crippen molar-refractivity contribution in [2.24, 2.45) is 0 Å². The lowest BCUT2D eigenvalue weighted by Gasteiger charge is -2.55. The molecule has 0 aliphatic carbocycles. The summed E-state index contributed by atoms with van der Waals surface area (Å²) in [6, 6.07) is 0.238. The predicted octanol–water partition coefficient (Wildman–Crippen LogP) is 3.27. The number of nitrogens with zero attached hydrogens (tertiary/aromatic N) is 4. The fourth-order valence-corrected chi connectivity index (χ4v) is 6.19. The van der Waals surface area contributed by atoms with Gasteiger partial charge < -0.3 is 4.90 Å². The summed E-state index contributed by atoms with van der Waals surface area (Å²) in [6.45, 7) is 8.80. The molecule has 0 unspecified atom stereocenters. The van der Waals surface area contributed by atoms with Crippen LogP contribution in [0.4, 0.5) is 0 Å². The van der Waals surface area contributed by atoms with E-state index in [-0.39, 0.29) is 23.0 Å². The van der Waals surface area contributed by atoms with E-state index in [0.29, 0.717) is 21.6 Å². The summed E-state index contributed by atoms with van der Waals surface area (Å²) in [7, 11) is 2.19. The van der Waals surface area contributed by atoms with E-state index < -0.39 is 0 Å². The molecule has 2 atom stereocenters. The van der Waals surface area contributed by atoms with E-state index in [0.717, 1.165) is 50.8 Å². The van der Waals surface area contributed by atoms with Crippen molar-refractivity contribution in [2.45, 2.75) is 71.0 Å². The normalized spacial score (nSPS) is 25.9. The molecule has 2 fully saturated rings. The first-order chi connectivity index (χ1) is 13.4. The Kier molecular flexibility index (Phi) is 5.08. The van der Waals surface area contributed by atoms with E-state index in [4.69, 9.17) is 0 Å². The summed E-state index contributed by atoms with van der Waals surface area (Å²) in [5.74, 6) is 0.0770. The van der Waals surface area contributed by atoms with Gasteiger partial charge in [0, 0.05) is 18.6 Å². The molecule has 6 nitrogen and oxygen atoms in total. The SMILES string of the molecule is CCCn1cnc2sc(C(=O)N3CCC[C@@]4(C)[C@@H]3CCCN4C)c(C)c2c1=O. The van der Waals surface area contributed by atoms with E-state index in [1.165, 1.54) is 11.3 Å². The fraction of sp³-hybridized carbons (Fsp3) is 0.667. The smallest absolute Gasteiger partial charge is 0.264 e. The second-order valence-electron chi connectivity index (χ2n) is 8.52. The molecule has 1 amide bonds. The van der Waals surface area contributed by atoms with Gasteiger partial charge in [-0.1, -0.05) is 6.92 Å². The van der Waals surface area contributed by atoms with Crippen LogP contribution >= 0.6 is 11.3 Å². The highest BCUT2D eigenvalue weighted by Crippen LogP contribution is 2.40. The molecule has 28 heavy (non-hydrogen) atoms. The van der Waals surface area contributed by atoms with Crippen LogP contribution < -0.4 is 5.56 Å². The van der Waals surface area contributed by atoms with Crippen molar-refractivity contribution >= 4 is 27.5 Å². The number of hydrogen-bond acceptors (Lipinski definition) is 5. The van der Waals surface area contributed by atoms with Crippen molar-refractivity contribution in [1.82, 2.24) is 19.4 Å². The van der Waals surface area contributed by atoms with Gasteiger partial charge in [-0.2, -0.15) is 0 Å². The van der Waals surface area contributed by atoms with Gasteiger partial charge in [0.1, 0.15) is 4.83 Å². The molecule has 7 heteroatoms. The highest BCUT2D eigenvalue weighted by Gasteiger charge is 2.47. The summed E-state index contributed by atoms with van der Waals surface area (Å²) in [4.78, 5) is 36.8. The van der Waals surface area contributed by atoms with E-state index in [9.17, 15) is 9.59 Å². The number of fused-ring (bicyclic) bond motifs is 2. The Bertz CT molecular complexity index is 965. The number of carbonyl (C=O) groups excluding carboxylic acids is 1. The summed E-state index contributed by atoms with van der Waals surface area (Å²) < 4.78 is 1.66. The molecule has 4 rings (SSSR count). The van der Waals surface area contributed by atoms with Gasteiger partial charge in [-0.15, -0.1) is 11.3 Å². The van der Waals surface area contributed by atoms with Crippen LogP contribution in [0.25, 0.3) is 10.2 Å². The summed E-state index contributed by atoms with van der Waals surface area (Å²) in [5, 5.41) is 0.616. The van der Waals surface area contributed by atoms with Crippen LogP contribution in [-0.2, 0) is 6.54 Å². The summed E-state index contributed by atoms with van der Waals surface area (Å²) >= 11 is 1.38. The van der Waals surface area contributed by atoms with Crippen LogP contribution in [0.15, 0.2) is 11.1 Å². The molecule has 0 N–H and O–H groups in total.